The minimum Gasteiger partial charge on any atom is -0.484 e. The number of hydrogen-bond donors (Lipinski definition) is 2. The van der Waals surface area contributed by atoms with Crippen LogP contribution in [0.5, 0.6) is 5.75 Å². The summed E-state index contributed by atoms with van der Waals surface area (Å²) in [6.07, 6.45) is -2.11. The predicted octanol–water partition coefficient (Wildman–Crippen LogP) is 2.93. The number of aliphatic carboxylic acids is 1. The first-order valence-corrected chi connectivity index (χ1v) is 8.03. The van der Waals surface area contributed by atoms with E-state index in [2.05, 4.69) is 10.1 Å². The average molecular weight is 359 g/mol. The molecule has 0 aromatic heterocycles. The second-order valence-corrected chi connectivity index (χ2v) is 6.18. The van der Waals surface area contributed by atoms with Gasteiger partial charge in [-0.2, -0.15) is 13.2 Å². The Morgan fingerprint density at radius 2 is 1.88 bits per heavy atom. The largest absolute Gasteiger partial charge is 0.484 e. The number of amides is 1. The lowest BCUT2D eigenvalue weighted by Crippen LogP contribution is -2.39. The van der Waals surface area contributed by atoms with E-state index in [4.69, 9.17) is 5.11 Å². The Labute approximate surface area is 143 Å². The van der Waals surface area contributed by atoms with E-state index in [1.54, 1.807) is 6.07 Å². The molecule has 1 amide bonds. The van der Waals surface area contributed by atoms with Gasteiger partial charge >= 0.3 is 12.1 Å². The number of nitrogens with one attached hydrogen (secondary N) is 1. The first kappa shape index (κ1) is 19.1. The maximum absolute atomic E-state index is 12.2. The average Bonchev–Trinajstić information content (AvgIpc) is 2.53. The number of rotatable bonds is 6. The van der Waals surface area contributed by atoms with Gasteiger partial charge in [0.1, 0.15) is 5.75 Å². The maximum Gasteiger partial charge on any atom is 0.422 e. The molecule has 0 saturated heterocycles. The van der Waals surface area contributed by atoms with Gasteiger partial charge in [-0.25, -0.2) is 0 Å². The van der Waals surface area contributed by atoms with Crippen molar-refractivity contribution in [3.05, 3.63) is 29.8 Å². The van der Waals surface area contributed by atoms with E-state index in [1.807, 2.05) is 0 Å². The van der Waals surface area contributed by atoms with Crippen molar-refractivity contribution in [3.63, 3.8) is 0 Å². The number of carboxylic acids is 1. The molecule has 25 heavy (non-hydrogen) atoms. The van der Waals surface area contributed by atoms with Gasteiger partial charge in [-0.05, 0) is 43.4 Å². The summed E-state index contributed by atoms with van der Waals surface area (Å²) in [7, 11) is 0. The molecule has 0 atom stereocenters. The summed E-state index contributed by atoms with van der Waals surface area (Å²) in [6, 6.07) is 5.92. The highest BCUT2D eigenvalue weighted by Crippen LogP contribution is 2.24. The van der Waals surface area contributed by atoms with Gasteiger partial charge in [0.25, 0.3) is 0 Å². The summed E-state index contributed by atoms with van der Waals surface area (Å²) in [5, 5.41) is 11.8. The van der Waals surface area contributed by atoms with Crippen LogP contribution in [-0.4, -0.2) is 35.8 Å². The number of halogens is 3. The van der Waals surface area contributed by atoms with Crippen molar-refractivity contribution in [1.82, 2.24) is 5.32 Å². The van der Waals surface area contributed by atoms with E-state index >= 15 is 0 Å². The van der Waals surface area contributed by atoms with E-state index in [-0.39, 0.29) is 30.0 Å². The number of carbonyl (C=O) groups is 2. The topological polar surface area (TPSA) is 75.6 Å². The van der Waals surface area contributed by atoms with Gasteiger partial charge in [-0.15, -0.1) is 0 Å². The standard InChI is InChI=1S/C17H20F3NO4/c18-17(19,20)10-25-14-3-1-2-11(8-14)9-15(22)21-13-6-4-12(5-7-13)16(23)24/h1-3,8,12-13H,4-7,9-10H2,(H,21,22)(H,23,24). The molecule has 2 N–H and O–H groups in total. The van der Waals surface area contributed by atoms with Crippen molar-refractivity contribution in [3.8, 4) is 5.75 Å². The predicted molar refractivity (Wildman–Crippen MR) is 83.2 cm³/mol. The van der Waals surface area contributed by atoms with E-state index < -0.39 is 18.8 Å². The lowest BCUT2D eigenvalue weighted by atomic mass is 9.86. The second-order valence-electron chi connectivity index (χ2n) is 6.18. The third-order valence-corrected chi connectivity index (χ3v) is 4.11. The molecule has 1 saturated carbocycles. The van der Waals surface area contributed by atoms with Crippen LogP contribution in [0.2, 0.25) is 0 Å². The Bertz CT molecular complexity index is 610. The van der Waals surface area contributed by atoms with Crippen molar-refractivity contribution in [2.45, 2.75) is 44.3 Å². The first-order valence-electron chi connectivity index (χ1n) is 8.03. The molecule has 0 bridgehead atoms. The summed E-state index contributed by atoms with van der Waals surface area (Å²) < 4.78 is 41.2. The lowest BCUT2D eigenvalue weighted by Gasteiger charge is -2.26. The monoisotopic (exact) mass is 359 g/mol. The first-order chi connectivity index (χ1) is 11.7. The van der Waals surface area contributed by atoms with Crippen molar-refractivity contribution >= 4 is 11.9 Å². The Morgan fingerprint density at radius 1 is 1.20 bits per heavy atom. The number of hydrogen-bond acceptors (Lipinski definition) is 3. The molecule has 1 aromatic carbocycles. The minimum atomic E-state index is -4.41. The molecule has 1 fully saturated rings. The van der Waals surface area contributed by atoms with Gasteiger partial charge in [-0.3, -0.25) is 9.59 Å². The van der Waals surface area contributed by atoms with Crippen LogP contribution in [0.4, 0.5) is 13.2 Å². The van der Waals surface area contributed by atoms with Crippen LogP contribution >= 0.6 is 0 Å². The van der Waals surface area contributed by atoms with Crippen LogP contribution in [0, 0.1) is 5.92 Å². The molecule has 2 rings (SSSR count). The maximum atomic E-state index is 12.2. The van der Waals surface area contributed by atoms with Crippen molar-refractivity contribution in [2.24, 2.45) is 5.92 Å². The highest BCUT2D eigenvalue weighted by molar-refractivity contribution is 5.79. The molecule has 1 aromatic rings. The van der Waals surface area contributed by atoms with E-state index in [9.17, 15) is 22.8 Å². The van der Waals surface area contributed by atoms with Crippen LogP contribution in [0.3, 0.4) is 0 Å². The number of ether oxygens (including phenoxy) is 1. The quantitative estimate of drug-likeness (QED) is 0.819. The zero-order chi connectivity index (χ0) is 18.4. The third-order valence-electron chi connectivity index (χ3n) is 4.11. The highest BCUT2D eigenvalue weighted by Gasteiger charge is 2.28. The molecule has 1 aliphatic rings. The molecule has 0 spiro atoms. The summed E-state index contributed by atoms with van der Waals surface area (Å²) in [5.74, 6) is -1.34. The van der Waals surface area contributed by atoms with Crippen LogP contribution in [0.15, 0.2) is 24.3 Å². The molecule has 0 unspecified atom stereocenters. The SMILES string of the molecule is O=C(Cc1cccc(OCC(F)(F)F)c1)NC1CCC(C(=O)O)CC1. The molecule has 5 nitrogen and oxygen atoms in total. The van der Waals surface area contributed by atoms with Gasteiger partial charge in [0.05, 0.1) is 12.3 Å². The Morgan fingerprint density at radius 3 is 2.48 bits per heavy atom. The van der Waals surface area contributed by atoms with Gasteiger partial charge in [0.2, 0.25) is 5.91 Å². The van der Waals surface area contributed by atoms with Gasteiger partial charge in [-0.1, -0.05) is 12.1 Å². The number of alkyl halides is 3. The van der Waals surface area contributed by atoms with Gasteiger partial charge in [0, 0.05) is 6.04 Å². The van der Waals surface area contributed by atoms with Crippen molar-refractivity contribution in [2.75, 3.05) is 6.61 Å². The van der Waals surface area contributed by atoms with Crippen LogP contribution < -0.4 is 10.1 Å². The number of carbonyl (C=O) groups excluding carboxylic acids is 1. The van der Waals surface area contributed by atoms with E-state index in [0.29, 0.717) is 31.2 Å². The van der Waals surface area contributed by atoms with Gasteiger partial charge in [0.15, 0.2) is 6.61 Å². The third kappa shape index (κ3) is 6.64. The minimum absolute atomic E-state index is 0.0298. The normalized spacial score (nSPS) is 20.8. The second kappa shape index (κ2) is 8.22. The fraction of sp³-hybridized carbons (Fsp3) is 0.529. The summed E-state index contributed by atoms with van der Waals surface area (Å²) in [5.41, 5.74) is 0.552. The van der Waals surface area contributed by atoms with Gasteiger partial charge < -0.3 is 15.2 Å². The molecular formula is C17H20F3NO4. The summed E-state index contributed by atoms with van der Waals surface area (Å²) >= 11 is 0. The Kier molecular flexibility index (Phi) is 6.27. The van der Waals surface area contributed by atoms with Crippen molar-refractivity contribution in [1.29, 1.82) is 0 Å². The lowest BCUT2D eigenvalue weighted by molar-refractivity contribution is -0.153. The van der Waals surface area contributed by atoms with Crippen molar-refractivity contribution < 1.29 is 32.6 Å². The Hall–Kier alpha value is -2.25. The molecule has 1 aliphatic carbocycles. The molecule has 0 aliphatic heterocycles. The fourth-order valence-electron chi connectivity index (χ4n) is 2.86. The summed E-state index contributed by atoms with van der Waals surface area (Å²) in [4.78, 5) is 23.0. The van der Waals surface area contributed by atoms with Crippen LogP contribution in [0.1, 0.15) is 31.2 Å². The molecule has 0 radical (unpaired) electrons. The number of carboxylic acid groups (broad SMARTS) is 1. The van der Waals surface area contributed by atoms with Crippen LogP contribution in [0.25, 0.3) is 0 Å². The zero-order valence-electron chi connectivity index (χ0n) is 13.5. The molecule has 8 heteroatoms. The van der Waals surface area contributed by atoms with E-state index in [1.165, 1.54) is 18.2 Å². The molecular weight excluding hydrogens is 339 g/mol. The van der Waals surface area contributed by atoms with E-state index in [0.717, 1.165) is 0 Å². The molecule has 138 valence electrons. The molecule has 0 heterocycles. The fourth-order valence-corrected chi connectivity index (χ4v) is 2.86. The number of benzene rings is 1. The Balaban J connectivity index is 1.81. The van der Waals surface area contributed by atoms with Crippen LogP contribution in [-0.2, 0) is 16.0 Å². The zero-order valence-corrected chi connectivity index (χ0v) is 13.5. The smallest absolute Gasteiger partial charge is 0.422 e. The highest BCUT2D eigenvalue weighted by atomic mass is 19.4. The summed E-state index contributed by atoms with van der Waals surface area (Å²) in [6.45, 7) is -1.38.